The molecule has 7 rings (SSSR count). The van der Waals surface area contributed by atoms with Crippen molar-refractivity contribution < 1.29 is 67.4 Å². The fraction of sp³-hybridized carbons (Fsp3) is 0.444. The first kappa shape index (κ1) is 42.9. The van der Waals surface area contributed by atoms with Crippen LogP contribution in [-0.2, 0) is 60.8 Å². The van der Waals surface area contributed by atoms with Gasteiger partial charge in [0.15, 0.2) is 17.5 Å². The number of esters is 1. The molecule has 312 valence electrons. The van der Waals surface area contributed by atoms with Crippen LogP contribution in [0.15, 0.2) is 102 Å². The SMILES string of the molecule is CC(=O)O[C@@]12CO[C@@H]1C[C@H](OC(=O)OCc1ccccc1)[C@@]1(C)C(=O)[C@H](OC(=O)OCc3ccccc3)C3=C(C)[C@@H](O)C[C@@](O)([C@@H](c4ccccc4)[C@H]21)C3(C)C.O=C=O. The van der Waals surface area contributed by atoms with Crippen LogP contribution in [0, 0.1) is 16.7 Å². The second-order valence-electron chi connectivity index (χ2n) is 16.2. The highest BCUT2D eigenvalue weighted by Gasteiger charge is 2.78. The van der Waals surface area contributed by atoms with Crippen molar-refractivity contribution in [3.8, 4) is 0 Å². The number of rotatable bonds is 8. The number of ether oxygens (including phenoxy) is 6. The highest BCUT2D eigenvalue weighted by atomic mass is 16.7. The molecule has 3 fully saturated rings. The Morgan fingerprint density at radius 3 is 1.83 bits per heavy atom. The van der Waals surface area contributed by atoms with Crippen LogP contribution in [0.25, 0.3) is 0 Å². The quantitative estimate of drug-likeness (QED) is 0.158. The number of hydrogen-bond donors (Lipinski definition) is 2. The van der Waals surface area contributed by atoms with Crippen LogP contribution in [0.3, 0.4) is 0 Å². The van der Waals surface area contributed by atoms with Crippen LogP contribution in [0.2, 0.25) is 0 Å². The van der Waals surface area contributed by atoms with E-state index in [0.717, 1.165) is 0 Å². The summed E-state index contributed by atoms with van der Waals surface area (Å²) in [4.78, 5) is 72.6. The van der Waals surface area contributed by atoms with Crippen molar-refractivity contribution in [3.05, 3.63) is 119 Å². The second kappa shape index (κ2) is 16.9. The van der Waals surface area contributed by atoms with E-state index >= 15 is 4.79 Å². The van der Waals surface area contributed by atoms with Gasteiger partial charge in [0, 0.05) is 37.0 Å². The molecular formula is C45H48O14. The summed E-state index contributed by atoms with van der Waals surface area (Å²) >= 11 is 0. The molecule has 0 aromatic heterocycles. The second-order valence-corrected chi connectivity index (χ2v) is 16.2. The Morgan fingerprint density at radius 1 is 0.831 bits per heavy atom. The Hall–Kier alpha value is -5.66. The van der Waals surface area contributed by atoms with Gasteiger partial charge in [-0.05, 0) is 41.7 Å². The van der Waals surface area contributed by atoms with E-state index in [1.807, 2.05) is 30.3 Å². The highest BCUT2D eigenvalue weighted by Crippen LogP contribution is 2.68. The predicted octanol–water partition coefficient (Wildman–Crippen LogP) is 5.78. The van der Waals surface area contributed by atoms with Crippen LogP contribution < -0.4 is 0 Å². The molecule has 2 saturated carbocycles. The van der Waals surface area contributed by atoms with Gasteiger partial charge in [0.2, 0.25) is 0 Å². The van der Waals surface area contributed by atoms with E-state index in [-0.39, 0.29) is 44.4 Å². The zero-order valence-corrected chi connectivity index (χ0v) is 33.5. The standard InChI is InChI=1S/C44H48O12.CO2/c1-26-31(46)22-44(50)35(30-19-13-8-14-20-30)37-42(5,38(47)36(34(26)41(44,3)4)55-40(49)52-24-29-17-11-7-12-18-29)32(21-33-43(37,25-53-33)56-27(2)45)54-39(48)51-23-28-15-9-6-10-16-28;2-1-3/h6-20,31-33,35-37,46,50H,21-25H2,1-5H3;/t31-,32-,33+,35-,36+,37-,42+,43-,44+;/m0./s1. The molecule has 59 heavy (non-hydrogen) atoms. The van der Waals surface area contributed by atoms with Crippen molar-refractivity contribution in [3.63, 3.8) is 0 Å². The smallest absolute Gasteiger partial charge is 0.454 e. The van der Waals surface area contributed by atoms with E-state index in [9.17, 15) is 24.6 Å². The summed E-state index contributed by atoms with van der Waals surface area (Å²) in [6, 6.07) is 27.0. The predicted molar refractivity (Wildman–Crippen MR) is 205 cm³/mol. The Morgan fingerprint density at radius 2 is 1.34 bits per heavy atom. The molecule has 2 bridgehead atoms. The number of ketones is 1. The van der Waals surface area contributed by atoms with Crippen molar-refractivity contribution in [2.24, 2.45) is 16.7 Å². The van der Waals surface area contributed by atoms with E-state index in [2.05, 4.69) is 0 Å². The van der Waals surface area contributed by atoms with Gasteiger partial charge in [-0.3, -0.25) is 9.59 Å². The van der Waals surface area contributed by atoms with Gasteiger partial charge < -0.3 is 38.6 Å². The third-order valence-corrected chi connectivity index (χ3v) is 12.7. The molecule has 4 aliphatic rings. The molecule has 0 spiro atoms. The summed E-state index contributed by atoms with van der Waals surface area (Å²) in [5.41, 5.74) is -4.12. The summed E-state index contributed by atoms with van der Waals surface area (Å²) < 4.78 is 35.6. The van der Waals surface area contributed by atoms with Crippen LogP contribution in [0.5, 0.6) is 0 Å². The normalized spacial score (nSPS) is 31.4. The van der Waals surface area contributed by atoms with E-state index in [0.29, 0.717) is 22.3 Å². The van der Waals surface area contributed by atoms with E-state index in [1.54, 1.807) is 88.4 Å². The molecule has 14 nitrogen and oxygen atoms in total. The third-order valence-electron chi connectivity index (χ3n) is 12.7. The number of aliphatic hydroxyl groups is 2. The van der Waals surface area contributed by atoms with Crippen molar-refractivity contribution in [1.29, 1.82) is 0 Å². The van der Waals surface area contributed by atoms with Gasteiger partial charge in [0.05, 0.1) is 23.7 Å². The molecule has 1 heterocycles. The lowest BCUT2D eigenvalue weighted by atomic mass is 9.41. The molecule has 3 aromatic carbocycles. The number of carbonyl (C=O) groups excluding carboxylic acids is 6. The van der Waals surface area contributed by atoms with Crippen molar-refractivity contribution in [2.75, 3.05) is 6.61 Å². The number of hydrogen-bond acceptors (Lipinski definition) is 14. The molecule has 0 amide bonds. The molecule has 0 unspecified atom stereocenters. The molecular weight excluding hydrogens is 764 g/mol. The van der Waals surface area contributed by atoms with Gasteiger partial charge in [-0.2, -0.15) is 9.59 Å². The van der Waals surface area contributed by atoms with Crippen molar-refractivity contribution in [1.82, 2.24) is 0 Å². The maximum Gasteiger partial charge on any atom is 0.509 e. The van der Waals surface area contributed by atoms with Gasteiger partial charge in [-0.15, -0.1) is 0 Å². The molecule has 2 N–H and O–H groups in total. The zero-order valence-electron chi connectivity index (χ0n) is 33.5. The summed E-state index contributed by atoms with van der Waals surface area (Å²) in [5, 5.41) is 25.3. The first-order valence-corrected chi connectivity index (χ1v) is 19.3. The molecule has 1 saturated heterocycles. The van der Waals surface area contributed by atoms with Gasteiger partial charge in [0.25, 0.3) is 0 Å². The third kappa shape index (κ3) is 7.69. The van der Waals surface area contributed by atoms with Gasteiger partial charge in [-0.1, -0.05) is 105 Å². The minimum absolute atomic E-state index is 0.0956. The van der Waals surface area contributed by atoms with Gasteiger partial charge in [-0.25, -0.2) is 9.59 Å². The van der Waals surface area contributed by atoms with Crippen molar-refractivity contribution >= 4 is 30.2 Å². The van der Waals surface area contributed by atoms with Crippen LogP contribution in [0.4, 0.5) is 9.59 Å². The summed E-state index contributed by atoms with van der Waals surface area (Å²) in [7, 11) is 0. The van der Waals surface area contributed by atoms with Gasteiger partial charge in [0.1, 0.15) is 25.4 Å². The number of benzene rings is 3. The average Bonchev–Trinajstić information content (AvgIpc) is 3.20. The minimum Gasteiger partial charge on any atom is -0.454 e. The average molecular weight is 813 g/mol. The molecule has 3 aromatic rings. The maximum atomic E-state index is 15.9. The van der Waals surface area contributed by atoms with Crippen LogP contribution in [0.1, 0.15) is 70.1 Å². The van der Waals surface area contributed by atoms with Gasteiger partial charge >= 0.3 is 24.4 Å². The number of aliphatic hydroxyl groups excluding tert-OH is 1. The zero-order chi connectivity index (χ0) is 42.8. The van der Waals surface area contributed by atoms with Crippen molar-refractivity contribution in [2.45, 2.75) is 102 Å². The molecule has 14 heteroatoms. The van der Waals surface area contributed by atoms with E-state index < -0.39 is 82.3 Å². The molecule has 1 aliphatic heterocycles. The van der Waals surface area contributed by atoms with Crippen LogP contribution in [-0.4, -0.2) is 82.7 Å². The fourth-order valence-electron chi connectivity index (χ4n) is 9.91. The summed E-state index contributed by atoms with van der Waals surface area (Å²) in [5.74, 6) is -3.56. The summed E-state index contributed by atoms with van der Waals surface area (Å²) in [6.07, 6.45) is -7.43. The molecule has 0 radical (unpaired) electrons. The lowest BCUT2D eigenvalue weighted by Crippen LogP contribution is -2.79. The Bertz CT molecular complexity index is 2100. The minimum atomic E-state index is -1.90. The Labute approximate surface area is 341 Å². The molecule has 9 atom stereocenters. The lowest BCUT2D eigenvalue weighted by Gasteiger charge is -2.68. The highest BCUT2D eigenvalue weighted by molar-refractivity contribution is 5.95. The monoisotopic (exact) mass is 812 g/mol. The van der Waals surface area contributed by atoms with Crippen LogP contribution >= 0.6 is 0 Å². The van der Waals surface area contributed by atoms with E-state index in [4.69, 9.17) is 38.0 Å². The lowest BCUT2D eigenvalue weighted by molar-refractivity contribution is -0.332. The van der Waals surface area contributed by atoms with E-state index in [1.165, 1.54) is 6.92 Å². The first-order valence-electron chi connectivity index (χ1n) is 19.3. The number of carbonyl (C=O) groups is 4. The molecule has 3 aliphatic carbocycles. The first-order chi connectivity index (χ1) is 28.0. The summed E-state index contributed by atoms with van der Waals surface area (Å²) in [6.45, 7) is 7.60. The maximum absolute atomic E-state index is 15.9. The topological polar surface area (TPSA) is 198 Å². The Balaban J connectivity index is 0.00000189. The Kier molecular flexibility index (Phi) is 12.3. The largest absolute Gasteiger partial charge is 0.509 e. The number of Topliss-reactive ketones (excluding diaryl/α,β-unsaturated/α-hetero) is 1. The number of fused-ring (bicyclic) bond motifs is 5. The fourth-order valence-corrected chi connectivity index (χ4v) is 9.91.